The van der Waals surface area contributed by atoms with Crippen molar-refractivity contribution in [3.05, 3.63) is 54.4 Å². The summed E-state index contributed by atoms with van der Waals surface area (Å²) in [7, 11) is 0. The van der Waals surface area contributed by atoms with Gasteiger partial charge in [-0.2, -0.15) is 0 Å². The summed E-state index contributed by atoms with van der Waals surface area (Å²) >= 11 is 1.56. The fourth-order valence-corrected chi connectivity index (χ4v) is 2.89. The maximum absolute atomic E-state index is 12.0. The van der Waals surface area contributed by atoms with E-state index in [2.05, 4.69) is 4.98 Å². The van der Waals surface area contributed by atoms with Crippen LogP contribution in [0.4, 0.5) is 0 Å². The first kappa shape index (κ1) is 18.5. The molecule has 0 aliphatic carbocycles. The number of aliphatic hydroxyl groups is 1. The number of ether oxygens (including phenoxy) is 1. The molecule has 0 spiro atoms. The summed E-state index contributed by atoms with van der Waals surface area (Å²) in [6, 6.07) is 10.9. The number of Topliss-reactive ketones (excluding diaryl/α,β-unsaturated/α-hetero) is 1. The van der Waals surface area contributed by atoms with Crippen LogP contribution in [0.15, 0.2) is 53.7 Å². The molecule has 0 aliphatic heterocycles. The highest BCUT2D eigenvalue weighted by molar-refractivity contribution is 7.99. The van der Waals surface area contributed by atoms with Crippen molar-refractivity contribution >= 4 is 17.5 Å². The third-order valence-corrected chi connectivity index (χ3v) is 4.46. The van der Waals surface area contributed by atoms with Gasteiger partial charge in [0, 0.05) is 35.0 Å². The number of carbonyl (C=O) groups excluding carboxylic acids is 1. The molecule has 2 aromatic rings. The van der Waals surface area contributed by atoms with Gasteiger partial charge in [0.25, 0.3) is 0 Å². The van der Waals surface area contributed by atoms with Gasteiger partial charge in [-0.15, -0.1) is 11.8 Å². The molecule has 0 amide bonds. The van der Waals surface area contributed by atoms with E-state index >= 15 is 0 Å². The predicted octanol–water partition coefficient (Wildman–Crippen LogP) is 3.84. The second-order valence-electron chi connectivity index (χ2n) is 6.00. The number of pyridine rings is 1. The molecule has 1 aromatic carbocycles. The van der Waals surface area contributed by atoms with Crippen LogP contribution in [0.2, 0.25) is 0 Å². The summed E-state index contributed by atoms with van der Waals surface area (Å²) in [5.41, 5.74) is 0.699. The lowest BCUT2D eigenvalue weighted by Crippen LogP contribution is -2.20. The maximum Gasteiger partial charge on any atom is 0.163 e. The molecule has 1 atom stereocenters. The number of benzene rings is 1. The van der Waals surface area contributed by atoms with Crippen LogP contribution in [0, 0.1) is 5.92 Å². The van der Waals surface area contributed by atoms with Gasteiger partial charge >= 0.3 is 0 Å². The van der Waals surface area contributed by atoms with E-state index in [1.807, 2.05) is 26.0 Å². The first-order valence-corrected chi connectivity index (χ1v) is 9.00. The quantitative estimate of drug-likeness (QED) is 0.553. The molecule has 5 heteroatoms. The van der Waals surface area contributed by atoms with Crippen LogP contribution in [-0.4, -0.2) is 34.3 Å². The smallest absolute Gasteiger partial charge is 0.163 e. The van der Waals surface area contributed by atoms with Crippen molar-refractivity contribution in [2.75, 3.05) is 12.4 Å². The Morgan fingerprint density at radius 3 is 2.46 bits per heavy atom. The standard InChI is InChI=1S/C19H23NO3S/c1-14(2)11-19(22)15-3-5-17(6-4-15)23-12-16(21)13-24-18-7-9-20-10-8-18/h3-10,14,16,21H,11-13H2,1-2H3. The van der Waals surface area contributed by atoms with Crippen molar-refractivity contribution in [1.82, 2.24) is 4.98 Å². The van der Waals surface area contributed by atoms with E-state index in [0.717, 1.165) is 4.90 Å². The number of thioether (sulfide) groups is 1. The number of rotatable bonds is 9. The van der Waals surface area contributed by atoms with Gasteiger partial charge in [-0.05, 0) is 42.3 Å². The van der Waals surface area contributed by atoms with Crippen molar-refractivity contribution in [2.24, 2.45) is 5.92 Å². The van der Waals surface area contributed by atoms with Gasteiger partial charge in [-0.25, -0.2) is 0 Å². The van der Waals surface area contributed by atoms with E-state index < -0.39 is 6.10 Å². The summed E-state index contributed by atoms with van der Waals surface area (Å²) in [6.07, 6.45) is 3.44. The molecule has 2 rings (SSSR count). The van der Waals surface area contributed by atoms with E-state index in [9.17, 15) is 9.90 Å². The van der Waals surface area contributed by atoms with Gasteiger partial charge in [0.2, 0.25) is 0 Å². The SMILES string of the molecule is CC(C)CC(=O)c1ccc(OCC(O)CSc2ccncc2)cc1. The molecule has 0 fully saturated rings. The Morgan fingerprint density at radius 1 is 1.17 bits per heavy atom. The van der Waals surface area contributed by atoms with E-state index in [0.29, 0.717) is 29.4 Å². The fourth-order valence-electron chi connectivity index (χ4n) is 2.09. The van der Waals surface area contributed by atoms with Gasteiger partial charge < -0.3 is 9.84 Å². The van der Waals surface area contributed by atoms with Crippen LogP contribution >= 0.6 is 11.8 Å². The van der Waals surface area contributed by atoms with Crippen LogP contribution in [0.5, 0.6) is 5.75 Å². The molecule has 1 aromatic heterocycles. The summed E-state index contributed by atoms with van der Waals surface area (Å²) in [5.74, 6) is 1.70. The minimum atomic E-state index is -0.564. The molecular weight excluding hydrogens is 322 g/mol. The summed E-state index contributed by atoms with van der Waals surface area (Å²) in [5, 5.41) is 10.00. The molecule has 1 unspecified atom stereocenters. The number of hydrogen-bond donors (Lipinski definition) is 1. The zero-order valence-corrected chi connectivity index (χ0v) is 14.8. The predicted molar refractivity (Wildman–Crippen MR) is 96.7 cm³/mol. The first-order chi connectivity index (χ1) is 11.5. The van der Waals surface area contributed by atoms with Crippen molar-refractivity contribution in [3.8, 4) is 5.75 Å². The molecular formula is C19H23NO3S. The first-order valence-electron chi connectivity index (χ1n) is 8.01. The average molecular weight is 345 g/mol. The molecule has 128 valence electrons. The summed E-state index contributed by atoms with van der Waals surface area (Å²) in [4.78, 5) is 17.0. The highest BCUT2D eigenvalue weighted by atomic mass is 32.2. The van der Waals surface area contributed by atoms with Gasteiger partial charge in [-0.1, -0.05) is 13.8 Å². The zero-order valence-electron chi connectivity index (χ0n) is 14.0. The minimum Gasteiger partial charge on any atom is -0.491 e. The zero-order chi connectivity index (χ0) is 17.4. The Hall–Kier alpha value is -1.85. The molecule has 0 saturated carbocycles. The van der Waals surface area contributed by atoms with Gasteiger partial charge in [0.15, 0.2) is 5.78 Å². The van der Waals surface area contributed by atoms with Crippen LogP contribution in [0.1, 0.15) is 30.6 Å². The molecule has 24 heavy (non-hydrogen) atoms. The Bertz CT molecular complexity index is 629. The molecule has 0 aliphatic rings. The van der Waals surface area contributed by atoms with Gasteiger partial charge in [-0.3, -0.25) is 9.78 Å². The average Bonchev–Trinajstić information content (AvgIpc) is 2.59. The normalized spacial score (nSPS) is 12.2. The van der Waals surface area contributed by atoms with Crippen LogP contribution in [0.3, 0.4) is 0 Å². The Morgan fingerprint density at radius 2 is 1.83 bits per heavy atom. The monoisotopic (exact) mass is 345 g/mol. The molecule has 1 N–H and O–H groups in total. The summed E-state index contributed by atoms with van der Waals surface area (Å²) in [6.45, 7) is 4.28. The number of aromatic nitrogens is 1. The Kier molecular flexibility index (Phi) is 7.28. The number of nitrogens with zero attached hydrogens (tertiary/aromatic N) is 1. The lowest BCUT2D eigenvalue weighted by molar-refractivity contribution is 0.0967. The molecule has 1 heterocycles. The van der Waals surface area contributed by atoms with E-state index in [-0.39, 0.29) is 12.4 Å². The van der Waals surface area contributed by atoms with Crippen molar-refractivity contribution in [1.29, 1.82) is 0 Å². The minimum absolute atomic E-state index is 0.144. The van der Waals surface area contributed by atoms with Crippen LogP contribution in [0.25, 0.3) is 0 Å². The van der Waals surface area contributed by atoms with Crippen molar-refractivity contribution in [3.63, 3.8) is 0 Å². The molecule has 0 radical (unpaired) electrons. The molecule has 0 saturated heterocycles. The third-order valence-electron chi connectivity index (χ3n) is 3.30. The highest BCUT2D eigenvalue weighted by Crippen LogP contribution is 2.19. The van der Waals surface area contributed by atoms with E-state index in [4.69, 9.17) is 4.74 Å². The van der Waals surface area contributed by atoms with E-state index in [1.54, 1.807) is 48.4 Å². The number of carbonyl (C=O) groups is 1. The fraction of sp³-hybridized carbons (Fsp3) is 0.368. The number of aliphatic hydroxyl groups excluding tert-OH is 1. The van der Waals surface area contributed by atoms with Gasteiger partial charge in [0.1, 0.15) is 12.4 Å². The van der Waals surface area contributed by atoms with Crippen molar-refractivity contribution < 1.29 is 14.6 Å². The lowest BCUT2D eigenvalue weighted by atomic mass is 10.0. The largest absolute Gasteiger partial charge is 0.491 e. The molecule has 0 bridgehead atoms. The summed E-state index contributed by atoms with van der Waals surface area (Å²) < 4.78 is 5.59. The third kappa shape index (κ3) is 6.34. The Balaban J connectivity index is 1.76. The van der Waals surface area contributed by atoms with Crippen LogP contribution < -0.4 is 4.74 Å². The highest BCUT2D eigenvalue weighted by Gasteiger charge is 2.09. The second kappa shape index (κ2) is 9.45. The maximum atomic E-state index is 12.0. The van der Waals surface area contributed by atoms with Crippen LogP contribution in [-0.2, 0) is 0 Å². The second-order valence-corrected chi connectivity index (χ2v) is 7.10. The van der Waals surface area contributed by atoms with Gasteiger partial charge in [0.05, 0.1) is 6.10 Å². The topological polar surface area (TPSA) is 59.4 Å². The lowest BCUT2D eigenvalue weighted by Gasteiger charge is -2.12. The number of hydrogen-bond acceptors (Lipinski definition) is 5. The van der Waals surface area contributed by atoms with Crippen molar-refractivity contribution in [2.45, 2.75) is 31.3 Å². The van der Waals surface area contributed by atoms with E-state index in [1.165, 1.54) is 0 Å². The number of ketones is 1. The Labute approximate surface area is 147 Å². The molecule has 4 nitrogen and oxygen atoms in total.